The molecule has 312 valence electrons. The third kappa shape index (κ3) is 9.45. The molecule has 0 bridgehead atoms. The Morgan fingerprint density at radius 3 is 2.49 bits per heavy atom. The Balaban J connectivity index is 1.37. The van der Waals surface area contributed by atoms with Crippen LogP contribution < -0.4 is 24.8 Å². The number of alkyl carbamates (subject to hydrolysis) is 1. The van der Waals surface area contributed by atoms with E-state index in [0.717, 1.165) is 6.42 Å². The first kappa shape index (κ1) is 42.5. The smallest absolute Gasteiger partial charge is 0.408 e. The third-order valence-electron chi connectivity index (χ3n) is 11.3. The highest BCUT2D eigenvalue weighted by molar-refractivity contribution is 7.91. The first-order chi connectivity index (χ1) is 26.6. The van der Waals surface area contributed by atoms with Gasteiger partial charge in [-0.25, -0.2) is 13.2 Å². The molecule has 3 N–H and O–H groups in total. The van der Waals surface area contributed by atoms with Crippen LogP contribution in [0.2, 0.25) is 5.02 Å². The van der Waals surface area contributed by atoms with Crippen LogP contribution in [-0.4, -0.2) is 88.8 Å². The van der Waals surface area contributed by atoms with Gasteiger partial charge in [-0.1, -0.05) is 43.7 Å². The largest absolute Gasteiger partial charge is 0.475 e. The van der Waals surface area contributed by atoms with Crippen LogP contribution in [0.25, 0.3) is 10.8 Å². The van der Waals surface area contributed by atoms with E-state index in [-0.39, 0.29) is 49.1 Å². The molecule has 2 saturated carbocycles. The van der Waals surface area contributed by atoms with Crippen LogP contribution in [0.15, 0.2) is 36.4 Å². The Hall–Kier alpha value is -4.11. The zero-order valence-electron chi connectivity index (χ0n) is 34.0. The number of sulfonamides is 1. The Bertz CT molecular complexity index is 2050. The lowest BCUT2D eigenvalue weighted by Crippen LogP contribution is -2.59. The van der Waals surface area contributed by atoms with E-state index >= 15 is 0 Å². The van der Waals surface area contributed by atoms with Gasteiger partial charge in [0.15, 0.2) is 0 Å². The number of benzene rings is 1. The number of nitrogens with one attached hydrogen (secondary N) is 3. The molecule has 0 spiro atoms. The Labute approximate surface area is 340 Å². The van der Waals surface area contributed by atoms with E-state index in [4.69, 9.17) is 25.8 Å². The number of amides is 4. The summed E-state index contributed by atoms with van der Waals surface area (Å²) in [6.07, 6.45) is 5.10. The van der Waals surface area contributed by atoms with E-state index in [1.54, 1.807) is 52.0 Å². The lowest BCUT2D eigenvalue weighted by atomic mass is 9.88. The van der Waals surface area contributed by atoms with Crippen LogP contribution in [0, 0.1) is 17.8 Å². The number of allylic oxidation sites excluding steroid dienone is 1. The highest BCUT2D eigenvalue weighted by Gasteiger charge is 2.63. The Morgan fingerprint density at radius 1 is 1.11 bits per heavy atom. The number of nitrogens with zero attached hydrogens (tertiary/aromatic N) is 2. The molecule has 2 aromatic rings. The molecular weight excluding hydrogens is 774 g/mol. The average Bonchev–Trinajstić information content (AvgIpc) is 3.98. The van der Waals surface area contributed by atoms with Crippen LogP contribution in [0.1, 0.15) is 100 Å². The number of hydrogen-bond acceptors (Lipinski definition) is 10. The molecule has 1 saturated heterocycles. The summed E-state index contributed by atoms with van der Waals surface area (Å²) in [7, 11) is -4.02. The molecule has 14 nitrogen and oxygen atoms in total. The van der Waals surface area contributed by atoms with Gasteiger partial charge in [0, 0.05) is 34.2 Å². The summed E-state index contributed by atoms with van der Waals surface area (Å²) in [6.45, 7) is 14.4. The van der Waals surface area contributed by atoms with Gasteiger partial charge in [0.25, 0.3) is 5.91 Å². The van der Waals surface area contributed by atoms with Gasteiger partial charge in [-0.05, 0) is 104 Å². The van der Waals surface area contributed by atoms with E-state index in [2.05, 4.69) is 27.3 Å². The highest BCUT2D eigenvalue weighted by Crippen LogP contribution is 2.48. The van der Waals surface area contributed by atoms with Crippen molar-refractivity contribution >= 4 is 56.2 Å². The van der Waals surface area contributed by atoms with Crippen LogP contribution in [0.3, 0.4) is 0 Å². The number of pyridine rings is 1. The summed E-state index contributed by atoms with van der Waals surface area (Å²) in [6, 6.07) is 4.79. The Morgan fingerprint density at radius 2 is 1.82 bits per heavy atom. The molecule has 0 unspecified atom stereocenters. The first-order valence-electron chi connectivity index (χ1n) is 19.9. The second-order valence-electron chi connectivity index (χ2n) is 17.9. The van der Waals surface area contributed by atoms with Crippen LogP contribution >= 0.6 is 11.6 Å². The standard InChI is InChI=1S/C41H56ClN5O9S/c1-23(2)54-32-20-29-28(14-11-15-30(29)42)35(43-32)55-27-19-31-34(48)45-41(37(50)46-57(52,53)40(8)16-17-40)21-26(41)13-10-9-12-24(3)18-25(4)33(36(49)47(31)22-27)44-38(51)56-39(5,6)7/h10-11,13-15,20,23-27,31,33H,9,12,16-19,21-22H2,1-8H3,(H,44,51)(H,45,48)(H,46,50)/b13-10-/t24-,25+,26+,27+,31-,33-,41+/m0/s1. The molecule has 4 amide bonds. The summed E-state index contributed by atoms with van der Waals surface area (Å²) >= 11 is 6.60. The fourth-order valence-corrected chi connectivity index (χ4v) is 9.31. The van der Waals surface area contributed by atoms with Gasteiger partial charge in [0.2, 0.25) is 33.6 Å². The van der Waals surface area contributed by atoms with Crippen molar-refractivity contribution in [3.05, 3.63) is 41.4 Å². The van der Waals surface area contributed by atoms with Gasteiger partial charge >= 0.3 is 6.09 Å². The normalized spacial score (nSPS) is 29.5. The molecule has 3 heterocycles. The highest BCUT2D eigenvalue weighted by atomic mass is 35.5. The van der Waals surface area contributed by atoms with Gasteiger partial charge in [-0.2, -0.15) is 4.98 Å². The van der Waals surface area contributed by atoms with Gasteiger partial charge < -0.3 is 29.7 Å². The average molecular weight is 830 g/mol. The summed E-state index contributed by atoms with van der Waals surface area (Å²) in [5.41, 5.74) is -2.39. The minimum atomic E-state index is -4.02. The molecule has 0 radical (unpaired) electrons. The molecule has 2 aliphatic carbocycles. The second kappa shape index (κ2) is 15.9. The number of carbonyl (C=O) groups excluding carboxylic acids is 4. The van der Waals surface area contributed by atoms with E-state index in [1.807, 2.05) is 32.9 Å². The molecule has 1 aromatic heterocycles. The number of fused-ring (bicyclic) bond motifs is 3. The molecule has 1 aromatic carbocycles. The number of ether oxygens (including phenoxy) is 3. The molecule has 7 atom stereocenters. The summed E-state index contributed by atoms with van der Waals surface area (Å²) < 4.78 is 45.7. The SMILES string of the molecule is CC(C)Oc1cc2c(Cl)cccc2c(O[C@@H]2C[C@H]3C(=O)N[C@]4(C(=O)NS(=O)(=O)C5(C)CC5)C[C@H]4/C=C\CC[C@H](C)C[C@@H](C)[C@H](NC(=O)OC(C)(C)C)C(=O)N3C2)n1. The van der Waals surface area contributed by atoms with Crippen LogP contribution in [0.5, 0.6) is 11.8 Å². The van der Waals surface area contributed by atoms with Crippen molar-refractivity contribution in [2.45, 2.75) is 141 Å². The summed E-state index contributed by atoms with van der Waals surface area (Å²) in [4.78, 5) is 62.7. The van der Waals surface area contributed by atoms with E-state index in [0.29, 0.717) is 41.5 Å². The second-order valence-corrected chi connectivity index (χ2v) is 20.5. The maximum Gasteiger partial charge on any atom is 0.408 e. The number of carbonyl (C=O) groups is 4. The number of aromatic nitrogens is 1. The maximum absolute atomic E-state index is 14.9. The van der Waals surface area contributed by atoms with Crippen LogP contribution in [0.4, 0.5) is 4.79 Å². The quantitative estimate of drug-likeness (QED) is 0.275. The summed E-state index contributed by atoms with van der Waals surface area (Å²) in [5.74, 6) is -2.21. The molecule has 3 fully saturated rings. The van der Waals surface area contributed by atoms with Crippen molar-refractivity contribution in [2.24, 2.45) is 17.8 Å². The van der Waals surface area contributed by atoms with Gasteiger partial charge in [-0.3, -0.25) is 19.1 Å². The Kier molecular flexibility index (Phi) is 11.9. The fraction of sp³-hybridized carbons (Fsp3) is 0.634. The van der Waals surface area contributed by atoms with Crippen molar-refractivity contribution < 1.29 is 41.8 Å². The third-order valence-corrected chi connectivity index (χ3v) is 13.8. The van der Waals surface area contributed by atoms with Crippen molar-refractivity contribution in [3.63, 3.8) is 0 Å². The van der Waals surface area contributed by atoms with E-state index in [1.165, 1.54) is 4.90 Å². The predicted molar refractivity (Wildman–Crippen MR) is 215 cm³/mol. The minimum Gasteiger partial charge on any atom is -0.475 e. The van der Waals surface area contributed by atoms with Crippen LogP contribution in [-0.2, 0) is 29.1 Å². The fourth-order valence-electron chi connectivity index (χ4n) is 7.77. The molecule has 57 heavy (non-hydrogen) atoms. The molecule has 6 rings (SSSR count). The predicted octanol–water partition coefficient (Wildman–Crippen LogP) is 5.80. The van der Waals surface area contributed by atoms with Gasteiger partial charge in [0.1, 0.15) is 29.3 Å². The maximum atomic E-state index is 14.9. The van der Waals surface area contributed by atoms with Crippen molar-refractivity contribution in [3.8, 4) is 11.8 Å². The molecule has 16 heteroatoms. The number of rotatable bonds is 8. The number of hydrogen-bond donors (Lipinski definition) is 3. The molecule has 4 aliphatic rings. The monoisotopic (exact) mass is 829 g/mol. The lowest BCUT2D eigenvalue weighted by Gasteiger charge is -2.33. The zero-order valence-corrected chi connectivity index (χ0v) is 35.6. The molecular formula is C41H56ClN5O9S. The lowest BCUT2D eigenvalue weighted by molar-refractivity contribution is -0.142. The van der Waals surface area contributed by atoms with E-state index in [9.17, 15) is 27.6 Å². The van der Waals surface area contributed by atoms with Crippen molar-refractivity contribution in [1.82, 2.24) is 25.2 Å². The van der Waals surface area contributed by atoms with E-state index < -0.39 is 73.8 Å². The molecule has 2 aliphatic heterocycles. The van der Waals surface area contributed by atoms with Crippen molar-refractivity contribution in [1.29, 1.82) is 0 Å². The first-order valence-corrected chi connectivity index (χ1v) is 21.8. The number of halogens is 1. The topological polar surface area (TPSA) is 182 Å². The summed E-state index contributed by atoms with van der Waals surface area (Å²) in [5, 5.41) is 7.40. The minimum absolute atomic E-state index is 0.00487. The van der Waals surface area contributed by atoms with Crippen molar-refractivity contribution in [2.75, 3.05) is 6.54 Å². The zero-order chi connectivity index (χ0) is 41.7. The van der Waals surface area contributed by atoms with Gasteiger partial charge in [0.05, 0.1) is 17.4 Å². The van der Waals surface area contributed by atoms with Gasteiger partial charge in [-0.15, -0.1) is 0 Å².